The van der Waals surface area contributed by atoms with Crippen LogP contribution in [0.2, 0.25) is 0 Å². The lowest BCUT2D eigenvalue weighted by Gasteiger charge is -2.23. The van der Waals surface area contributed by atoms with Crippen LogP contribution < -0.4 is 0 Å². The molecule has 124 valence electrons. The summed E-state index contributed by atoms with van der Waals surface area (Å²) < 4.78 is 6.09. The van der Waals surface area contributed by atoms with Gasteiger partial charge < -0.3 is 14.5 Å². The van der Waals surface area contributed by atoms with E-state index in [9.17, 15) is 0 Å². The first-order chi connectivity index (χ1) is 10.1. The van der Waals surface area contributed by atoms with Gasteiger partial charge >= 0.3 is 0 Å². The third-order valence-electron chi connectivity index (χ3n) is 3.65. The van der Waals surface area contributed by atoms with Crippen LogP contribution in [0.4, 0.5) is 0 Å². The van der Waals surface area contributed by atoms with Gasteiger partial charge in [0.1, 0.15) is 10.4 Å². The number of hydrogen-bond donors (Lipinski definition) is 0. The van der Waals surface area contributed by atoms with E-state index >= 15 is 0 Å². The second kappa shape index (κ2) is 8.04. The fourth-order valence-corrected chi connectivity index (χ4v) is 4.84. The maximum atomic E-state index is 5.14. The minimum Gasteiger partial charge on any atom is -0.422 e. The molecule has 0 saturated carbocycles. The Bertz CT molecular complexity index is 446. The molecule has 7 heteroatoms. The molecule has 2 aliphatic rings. The second-order valence-corrected chi connectivity index (χ2v) is 8.63. The van der Waals surface area contributed by atoms with Gasteiger partial charge in [-0.2, -0.15) is 0 Å². The molecule has 0 amide bonds. The zero-order valence-electron chi connectivity index (χ0n) is 14.0. The summed E-state index contributed by atoms with van der Waals surface area (Å²) >= 11 is 16.7. The van der Waals surface area contributed by atoms with Gasteiger partial charge in [-0.25, -0.2) is 0 Å². The summed E-state index contributed by atoms with van der Waals surface area (Å²) in [6, 6.07) is 0.616. The zero-order valence-corrected chi connectivity index (χ0v) is 17.2. The van der Waals surface area contributed by atoms with Crippen LogP contribution in [-0.4, -0.2) is 50.5 Å². The number of hydrogen-bond acceptors (Lipinski definition) is 5. The van der Waals surface area contributed by atoms with Gasteiger partial charge in [0.25, 0.3) is 5.17 Å². The van der Waals surface area contributed by atoms with E-state index in [2.05, 4.69) is 39.2 Å². The molecule has 3 nitrogen and oxygen atoms in total. The van der Waals surface area contributed by atoms with Crippen molar-refractivity contribution in [3.63, 3.8) is 0 Å². The molecule has 0 aliphatic carbocycles. The normalized spacial score (nSPS) is 25.1. The van der Waals surface area contributed by atoms with E-state index in [0.29, 0.717) is 28.1 Å². The molecule has 0 aromatic rings. The quantitative estimate of drug-likeness (QED) is 0.666. The Hall–Kier alpha value is -0.240. The van der Waals surface area contributed by atoms with Crippen molar-refractivity contribution >= 4 is 63.0 Å². The molecule has 0 spiro atoms. The molecule has 0 aromatic heterocycles. The highest BCUT2D eigenvalue weighted by atomic mass is 32.2. The molecule has 22 heavy (non-hydrogen) atoms. The van der Waals surface area contributed by atoms with Crippen LogP contribution in [0.3, 0.4) is 0 Å². The summed E-state index contributed by atoms with van der Waals surface area (Å²) in [6.45, 7) is 12.6. The van der Waals surface area contributed by atoms with Crippen molar-refractivity contribution in [2.24, 2.45) is 11.8 Å². The van der Waals surface area contributed by atoms with E-state index in [1.165, 1.54) is 4.91 Å². The van der Waals surface area contributed by atoms with Crippen LogP contribution in [0.15, 0.2) is 11.5 Å². The highest BCUT2D eigenvalue weighted by Gasteiger charge is 2.34. The van der Waals surface area contributed by atoms with E-state index in [-0.39, 0.29) is 6.04 Å². The Morgan fingerprint density at radius 1 is 1.00 bits per heavy atom. The molecular formula is C15H24N2OS4. The van der Waals surface area contributed by atoms with Crippen molar-refractivity contribution in [2.75, 3.05) is 14.1 Å². The molecule has 0 radical (unpaired) electrons. The summed E-state index contributed by atoms with van der Waals surface area (Å²) in [4.78, 5) is 5.22. The van der Waals surface area contributed by atoms with Gasteiger partial charge in [0.05, 0.1) is 6.04 Å². The third kappa shape index (κ3) is 4.40. The van der Waals surface area contributed by atoms with Crippen molar-refractivity contribution in [1.82, 2.24) is 9.80 Å². The predicted octanol–water partition coefficient (Wildman–Crippen LogP) is 4.07. The number of rotatable bonds is 2. The van der Waals surface area contributed by atoms with Gasteiger partial charge in [-0.1, -0.05) is 58.3 Å². The highest BCUT2D eigenvalue weighted by Crippen LogP contribution is 2.36. The first-order valence-electron chi connectivity index (χ1n) is 7.19. The molecule has 2 unspecified atom stereocenters. The minimum absolute atomic E-state index is 0.178. The molecule has 2 fully saturated rings. The number of ether oxygens (including phenoxy) is 1. The number of thiocarbonyl (C=S) groups is 3. The van der Waals surface area contributed by atoms with Gasteiger partial charge in [0, 0.05) is 19.0 Å². The van der Waals surface area contributed by atoms with E-state index in [4.69, 9.17) is 41.4 Å². The van der Waals surface area contributed by atoms with Crippen molar-refractivity contribution in [3.8, 4) is 0 Å². The Morgan fingerprint density at radius 2 is 1.50 bits per heavy atom. The SMILES string of the molecule is C=C1SC(=S)N(C)C1C(C)C.CC(C)C1C(=S)OC(=S)N1C. The van der Waals surface area contributed by atoms with Crippen LogP contribution in [0.25, 0.3) is 0 Å². The molecule has 0 aromatic carbocycles. The smallest absolute Gasteiger partial charge is 0.265 e. The van der Waals surface area contributed by atoms with Crippen molar-refractivity contribution < 1.29 is 4.74 Å². The molecule has 2 heterocycles. The van der Waals surface area contributed by atoms with Gasteiger partial charge in [-0.15, -0.1) is 0 Å². The Balaban J connectivity index is 0.000000220. The van der Waals surface area contributed by atoms with Crippen LogP contribution in [-0.2, 0) is 4.74 Å². The molecule has 2 atom stereocenters. The van der Waals surface area contributed by atoms with E-state index < -0.39 is 0 Å². The second-order valence-electron chi connectivity index (χ2n) is 6.12. The largest absolute Gasteiger partial charge is 0.422 e. The lowest BCUT2D eigenvalue weighted by Crippen LogP contribution is -2.34. The molecular weight excluding hydrogens is 352 g/mol. The molecule has 0 N–H and O–H groups in total. The Labute approximate surface area is 154 Å². The Kier molecular flexibility index (Phi) is 7.23. The number of likely N-dealkylation sites (N-methyl/N-ethyl adjacent to an activating group) is 2. The highest BCUT2D eigenvalue weighted by molar-refractivity contribution is 8.25. The van der Waals surface area contributed by atoms with Crippen molar-refractivity contribution in [3.05, 3.63) is 11.5 Å². The van der Waals surface area contributed by atoms with E-state index in [0.717, 1.165) is 4.32 Å². The lowest BCUT2D eigenvalue weighted by atomic mass is 10.0. The fraction of sp³-hybridized carbons (Fsp3) is 0.667. The zero-order chi connectivity index (χ0) is 17.2. The fourth-order valence-electron chi connectivity index (χ4n) is 2.60. The molecule has 0 bridgehead atoms. The average Bonchev–Trinajstić information content (AvgIpc) is 2.77. The Morgan fingerprint density at radius 3 is 1.68 bits per heavy atom. The molecule has 2 saturated heterocycles. The van der Waals surface area contributed by atoms with E-state index in [1.54, 1.807) is 11.8 Å². The van der Waals surface area contributed by atoms with E-state index in [1.807, 2.05) is 19.0 Å². The van der Waals surface area contributed by atoms with Crippen LogP contribution in [0.5, 0.6) is 0 Å². The first kappa shape index (κ1) is 19.8. The molecule has 2 rings (SSSR count). The topological polar surface area (TPSA) is 15.7 Å². The van der Waals surface area contributed by atoms with Gasteiger partial charge in [-0.05, 0) is 36.3 Å². The third-order valence-corrected chi connectivity index (χ3v) is 5.85. The molecule has 2 aliphatic heterocycles. The van der Waals surface area contributed by atoms with Gasteiger partial charge in [0.2, 0.25) is 0 Å². The first-order valence-corrected chi connectivity index (χ1v) is 9.24. The summed E-state index contributed by atoms with van der Waals surface area (Å²) in [5, 5.41) is 1.10. The summed E-state index contributed by atoms with van der Waals surface area (Å²) in [7, 11) is 3.95. The predicted molar refractivity (Wildman–Crippen MR) is 108 cm³/mol. The number of thioether (sulfide) groups is 1. The van der Waals surface area contributed by atoms with Gasteiger partial charge in [0.15, 0.2) is 5.05 Å². The summed E-state index contributed by atoms with van der Waals surface area (Å²) in [6.07, 6.45) is 0. The summed E-state index contributed by atoms with van der Waals surface area (Å²) in [5.74, 6) is 1.05. The minimum atomic E-state index is 0.178. The van der Waals surface area contributed by atoms with Crippen LogP contribution in [0, 0.1) is 11.8 Å². The lowest BCUT2D eigenvalue weighted by molar-refractivity contribution is 0.354. The maximum absolute atomic E-state index is 5.14. The maximum Gasteiger partial charge on any atom is 0.265 e. The van der Waals surface area contributed by atoms with Crippen molar-refractivity contribution in [2.45, 2.75) is 39.8 Å². The summed E-state index contributed by atoms with van der Waals surface area (Å²) in [5.41, 5.74) is 0. The van der Waals surface area contributed by atoms with Gasteiger partial charge in [-0.3, -0.25) is 0 Å². The standard InChI is InChI=1S/C8H13NS2.C7H11NOS2/c1-5(2)7-6(3)11-8(10)9(7)4;1-4(2)5-6(10)9-7(11)8(5)3/h5,7H,3H2,1-2,4H3;4-5H,1-3H3. The van der Waals surface area contributed by atoms with Crippen LogP contribution in [0.1, 0.15) is 27.7 Å². The monoisotopic (exact) mass is 376 g/mol. The van der Waals surface area contributed by atoms with Crippen LogP contribution >= 0.6 is 48.4 Å². The van der Waals surface area contributed by atoms with Crippen molar-refractivity contribution in [1.29, 1.82) is 0 Å². The number of nitrogens with zero attached hydrogens (tertiary/aromatic N) is 2. The average molecular weight is 377 g/mol.